The molecule has 0 saturated carbocycles. The lowest BCUT2D eigenvalue weighted by Crippen LogP contribution is -2.05. The predicted octanol–water partition coefficient (Wildman–Crippen LogP) is 3.55. The molecule has 0 saturated heterocycles. The van der Waals surface area contributed by atoms with Gasteiger partial charge < -0.3 is 4.98 Å². The van der Waals surface area contributed by atoms with Crippen LogP contribution in [0.2, 0.25) is 0 Å². The van der Waals surface area contributed by atoms with E-state index in [1.54, 1.807) is 24.3 Å². The molecule has 0 unspecified atom stereocenters. The molecule has 0 radical (unpaired) electrons. The molecule has 0 atom stereocenters. The Morgan fingerprint density at radius 2 is 1.80 bits per heavy atom. The van der Waals surface area contributed by atoms with Crippen molar-refractivity contribution in [3.8, 4) is 0 Å². The zero-order chi connectivity index (χ0) is 14.6. The second-order valence-corrected chi connectivity index (χ2v) is 4.91. The highest BCUT2D eigenvalue weighted by Gasteiger charge is 2.28. The minimum absolute atomic E-state index is 0.126. The highest BCUT2D eigenvalue weighted by molar-refractivity contribution is 8.00. The van der Waals surface area contributed by atoms with Crippen molar-refractivity contribution in [1.82, 2.24) is 9.97 Å². The van der Waals surface area contributed by atoms with Crippen LogP contribution < -0.4 is 5.56 Å². The number of nitrogens with zero attached hydrogens (tertiary/aromatic N) is 1. The Balaban J connectivity index is 2.09. The van der Waals surface area contributed by atoms with Gasteiger partial charge in [0.15, 0.2) is 0 Å². The standard InChI is InChI=1S/C13H9F3N2OS/c14-13(15,16)20-10-4-1-9(2-5-10)3-6-11-17-8-7-12(19)18-11/h1-8H,(H,17,18,19). The van der Waals surface area contributed by atoms with E-state index in [4.69, 9.17) is 0 Å². The van der Waals surface area contributed by atoms with E-state index in [1.807, 2.05) is 0 Å². The maximum absolute atomic E-state index is 12.2. The third-order valence-corrected chi connectivity index (χ3v) is 2.98. The van der Waals surface area contributed by atoms with Crippen LogP contribution in [-0.4, -0.2) is 15.5 Å². The first-order valence-electron chi connectivity index (χ1n) is 5.52. The first kappa shape index (κ1) is 14.4. The summed E-state index contributed by atoms with van der Waals surface area (Å²) in [7, 11) is 0. The highest BCUT2D eigenvalue weighted by Crippen LogP contribution is 2.36. The van der Waals surface area contributed by atoms with Crippen molar-refractivity contribution in [3.05, 3.63) is 58.3 Å². The molecule has 1 heterocycles. The molecule has 0 aliphatic heterocycles. The summed E-state index contributed by atoms with van der Waals surface area (Å²) in [6.45, 7) is 0. The summed E-state index contributed by atoms with van der Waals surface area (Å²) < 4.78 is 36.5. The topological polar surface area (TPSA) is 45.8 Å². The zero-order valence-corrected chi connectivity index (χ0v) is 10.8. The number of thioether (sulfide) groups is 1. The van der Waals surface area contributed by atoms with Gasteiger partial charge in [0.25, 0.3) is 5.56 Å². The number of hydrogen-bond donors (Lipinski definition) is 1. The number of hydrogen-bond acceptors (Lipinski definition) is 3. The van der Waals surface area contributed by atoms with Crippen LogP contribution in [0.25, 0.3) is 12.2 Å². The van der Waals surface area contributed by atoms with Crippen LogP contribution in [0.4, 0.5) is 13.2 Å². The summed E-state index contributed by atoms with van der Waals surface area (Å²) in [4.78, 5) is 17.6. The number of H-pyrrole nitrogens is 1. The predicted molar refractivity (Wildman–Crippen MR) is 72.1 cm³/mol. The van der Waals surface area contributed by atoms with E-state index in [1.165, 1.54) is 24.4 Å². The third kappa shape index (κ3) is 4.58. The van der Waals surface area contributed by atoms with Gasteiger partial charge in [-0.05, 0) is 35.5 Å². The van der Waals surface area contributed by atoms with E-state index in [2.05, 4.69) is 9.97 Å². The Morgan fingerprint density at radius 3 is 2.40 bits per heavy atom. The van der Waals surface area contributed by atoms with Crippen molar-refractivity contribution in [2.24, 2.45) is 0 Å². The SMILES string of the molecule is O=c1ccnc(C=Cc2ccc(SC(F)(F)F)cc2)[nH]1. The summed E-state index contributed by atoms with van der Waals surface area (Å²) in [6.07, 6.45) is 4.61. The molecule has 7 heteroatoms. The van der Waals surface area contributed by atoms with E-state index < -0.39 is 5.51 Å². The summed E-state index contributed by atoms with van der Waals surface area (Å²) in [5, 5.41) is 0. The van der Waals surface area contributed by atoms with E-state index in [9.17, 15) is 18.0 Å². The molecule has 0 bridgehead atoms. The number of aromatic amines is 1. The molecule has 104 valence electrons. The van der Waals surface area contributed by atoms with Crippen molar-refractivity contribution in [1.29, 1.82) is 0 Å². The van der Waals surface area contributed by atoms with Crippen LogP contribution in [0.5, 0.6) is 0 Å². The molecule has 1 aromatic carbocycles. The van der Waals surface area contributed by atoms with Crippen LogP contribution in [-0.2, 0) is 0 Å². The molecule has 1 N–H and O–H groups in total. The minimum Gasteiger partial charge on any atom is -0.307 e. The van der Waals surface area contributed by atoms with Gasteiger partial charge in [-0.3, -0.25) is 4.79 Å². The maximum Gasteiger partial charge on any atom is 0.446 e. The van der Waals surface area contributed by atoms with Crippen molar-refractivity contribution >= 4 is 23.9 Å². The fraction of sp³-hybridized carbons (Fsp3) is 0.0769. The number of rotatable bonds is 3. The van der Waals surface area contributed by atoms with Crippen LogP contribution in [0.15, 0.2) is 46.2 Å². The Hall–Kier alpha value is -2.02. The van der Waals surface area contributed by atoms with Gasteiger partial charge in [0.1, 0.15) is 5.82 Å². The van der Waals surface area contributed by atoms with Crippen molar-refractivity contribution in [2.45, 2.75) is 10.4 Å². The van der Waals surface area contributed by atoms with Gasteiger partial charge in [-0.15, -0.1) is 0 Å². The molecule has 0 amide bonds. The highest BCUT2D eigenvalue weighted by atomic mass is 32.2. The first-order chi connectivity index (χ1) is 9.42. The average molecular weight is 298 g/mol. The van der Waals surface area contributed by atoms with Crippen molar-refractivity contribution < 1.29 is 13.2 Å². The van der Waals surface area contributed by atoms with Gasteiger partial charge >= 0.3 is 5.51 Å². The van der Waals surface area contributed by atoms with Crippen molar-refractivity contribution in [2.75, 3.05) is 0 Å². The molecule has 1 aromatic heterocycles. The van der Waals surface area contributed by atoms with Crippen LogP contribution >= 0.6 is 11.8 Å². The molecule has 2 rings (SSSR count). The number of nitrogens with one attached hydrogen (secondary N) is 1. The zero-order valence-electron chi connectivity index (χ0n) is 10.0. The summed E-state index contributed by atoms with van der Waals surface area (Å²) in [5.74, 6) is 0.381. The summed E-state index contributed by atoms with van der Waals surface area (Å²) >= 11 is -0.158. The second-order valence-electron chi connectivity index (χ2n) is 3.77. The minimum atomic E-state index is -4.29. The number of aromatic nitrogens is 2. The monoisotopic (exact) mass is 298 g/mol. The third-order valence-electron chi connectivity index (χ3n) is 2.24. The van der Waals surface area contributed by atoms with E-state index >= 15 is 0 Å². The summed E-state index contributed by atoms with van der Waals surface area (Å²) in [6, 6.07) is 7.19. The van der Waals surface area contributed by atoms with Gasteiger partial charge in [-0.1, -0.05) is 18.2 Å². The normalized spacial score (nSPS) is 11.9. The average Bonchev–Trinajstić information content (AvgIpc) is 2.36. The number of halogens is 3. The molecule has 0 aliphatic rings. The largest absolute Gasteiger partial charge is 0.446 e. The molecule has 0 spiro atoms. The molecular formula is C13H9F3N2OS. The van der Waals surface area contributed by atoms with Crippen LogP contribution in [0, 0.1) is 0 Å². The lowest BCUT2D eigenvalue weighted by molar-refractivity contribution is -0.0328. The quantitative estimate of drug-likeness (QED) is 0.881. The smallest absolute Gasteiger partial charge is 0.307 e. The molecule has 0 aliphatic carbocycles. The first-order valence-corrected chi connectivity index (χ1v) is 6.33. The Bertz CT molecular complexity index is 662. The molecular weight excluding hydrogens is 289 g/mol. The lowest BCUT2D eigenvalue weighted by Gasteiger charge is -2.05. The van der Waals surface area contributed by atoms with Crippen molar-refractivity contribution in [3.63, 3.8) is 0 Å². The van der Waals surface area contributed by atoms with E-state index in [0.717, 1.165) is 0 Å². The van der Waals surface area contributed by atoms with Crippen LogP contribution in [0.1, 0.15) is 11.4 Å². The number of benzene rings is 1. The van der Waals surface area contributed by atoms with Crippen LogP contribution in [0.3, 0.4) is 0 Å². The maximum atomic E-state index is 12.2. The molecule has 20 heavy (non-hydrogen) atoms. The molecule has 0 fully saturated rings. The van der Waals surface area contributed by atoms with E-state index in [-0.39, 0.29) is 22.2 Å². The van der Waals surface area contributed by atoms with E-state index in [0.29, 0.717) is 11.4 Å². The summed E-state index contributed by atoms with van der Waals surface area (Å²) in [5.41, 5.74) is -3.84. The van der Waals surface area contributed by atoms with Gasteiger partial charge in [-0.25, -0.2) is 4.98 Å². The lowest BCUT2D eigenvalue weighted by atomic mass is 10.2. The Kier molecular flexibility index (Phi) is 4.29. The molecule has 2 aromatic rings. The van der Waals surface area contributed by atoms with Gasteiger partial charge in [0.2, 0.25) is 0 Å². The van der Waals surface area contributed by atoms with Gasteiger partial charge in [0.05, 0.1) is 0 Å². The second kappa shape index (κ2) is 5.96. The Labute approximate surface area is 116 Å². The molecule has 3 nitrogen and oxygen atoms in total. The van der Waals surface area contributed by atoms with Gasteiger partial charge in [0, 0.05) is 17.2 Å². The number of alkyl halides is 3. The van der Waals surface area contributed by atoms with Gasteiger partial charge in [-0.2, -0.15) is 13.2 Å². The fourth-order valence-corrected chi connectivity index (χ4v) is 1.97. The fourth-order valence-electron chi connectivity index (χ4n) is 1.43. The Morgan fingerprint density at radius 1 is 1.10 bits per heavy atom.